The van der Waals surface area contributed by atoms with E-state index in [-0.39, 0.29) is 10.8 Å². The number of hydrogen-bond acceptors (Lipinski definition) is 2. The Kier molecular flexibility index (Phi) is 3.96. The maximum absolute atomic E-state index is 6.34. The van der Waals surface area contributed by atoms with E-state index < -0.39 is 0 Å². The number of fused-ring (bicyclic) bond motifs is 1. The molecule has 2 aromatic rings. The molecule has 0 aliphatic heterocycles. The van der Waals surface area contributed by atoms with Gasteiger partial charge in [0.25, 0.3) is 0 Å². The lowest BCUT2D eigenvalue weighted by molar-refractivity contribution is 0.486. The Morgan fingerprint density at radius 3 is 2.10 bits per heavy atom. The Hall–Kier alpha value is -1.28. The zero-order valence-electron chi connectivity index (χ0n) is 14.8. The van der Waals surface area contributed by atoms with Gasteiger partial charge in [0.1, 0.15) is 11.3 Å². The molecule has 0 saturated heterocycles. The molecule has 0 radical (unpaired) electrons. The van der Waals surface area contributed by atoms with E-state index in [1.165, 1.54) is 22.1 Å². The molecule has 21 heavy (non-hydrogen) atoms. The van der Waals surface area contributed by atoms with E-state index in [0.717, 1.165) is 17.9 Å². The van der Waals surface area contributed by atoms with Gasteiger partial charge in [-0.2, -0.15) is 0 Å². The van der Waals surface area contributed by atoms with Crippen LogP contribution in [0.25, 0.3) is 11.0 Å². The van der Waals surface area contributed by atoms with Crippen LogP contribution >= 0.6 is 0 Å². The summed E-state index contributed by atoms with van der Waals surface area (Å²) < 4.78 is 6.34. The second-order valence-electron chi connectivity index (χ2n) is 8.06. The van der Waals surface area contributed by atoms with Gasteiger partial charge in [-0.25, -0.2) is 0 Å². The Labute approximate surface area is 128 Å². The third kappa shape index (κ3) is 2.87. The average Bonchev–Trinajstić information content (AvgIpc) is 2.67. The molecule has 1 heterocycles. The van der Waals surface area contributed by atoms with Crippen molar-refractivity contribution in [3.63, 3.8) is 0 Å². The lowest BCUT2D eigenvalue weighted by atomic mass is 9.80. The van der Waals surface area contributed by atoms with E-state index in [2.05, 4.69) is 65.9 Å². The predicted octanol–water partition coefficient (Wildman–Crippen LogP) is 5.06. The van der Waals surface area contributed by atoms with Crippen LogP contribution in [0.5, 0.6) is 0 Å². The standard InChI is InChI=1S/C19H29NO/c1-12-9-10-13(18(2,3)4)17-15(12)16(19(5,6)7)14(21-17)11-20-8/h9-10,20H,11H2,1-8H3. The maximum atomic E-state index is 6.34. The molecule has 0 unspecified atom stereocenters. The number of hydrogen-bond donors (Lipinski definition) is 1. The zero-order chi connectivity index (χ0) is 16.0. The fourth-order valence-corrected chi connectivity index (χ4v) is 3.08. The van der Waals surface area contributed by atoms with E-state index in [4.69, 9.17) is 4.42 Å². The van der Waals surface area contributed by atoms with Gasteiger partial charge in [0.05, 0.1) is 6.54 Å². The molecule has 0 fully saturated rings. The molecule has 0 atom stereocenters. The fourth-order valence-electron chi connectivity index (χ4n) is 3.08. The number of benzene rings is 1. The van der Waals surface area contributed by atoms with Crippen molar-refractivity contribution in [3.8, 4) is 0 Å². The lowest BCUT2D eigenvalue weighted by Gasteiger charge is -2.22. The molecule has 0 bridgehead atoms. The summed E-state index contributed by atoms with van der Waals surface area (Å²) in [7, 11) is 1.97. The van der Waals surface area contributed by atoms with Gasteiger partial charge < -0.3 is 9.73 Å². The van der Waals surface area contributed by atoms with Crippen LogP contribution in [0.15, 0.2) is 16.5 Å². The Bertz CT molecular complexity index is 651. The molecular formula is C19H29NO. The topological polar surface area (TPSA) is 25.2 Å². The number of rotatable bonds is 2. The molecule has 0 spiro atoms. The van der Waals surface area contributed by atoms with E-state index >= 15 is 0 Å². The average molecular weight is 287 g/mol. The first-order chi connectivity index (χ1) is 9.57. The molecule has 116 valence electrons. The quantitative estimate of drug-likeness (QED) is 0.835. The normalized spacial score (nSPS) is 13.1. The number of aryl methyl sites for hydroxylation is 1. The van der Waals surface area contributed by atoms with Crippen molar-refractivity contribution in [2.45, 2.75) is 65.8 Å². The largest absolute Gasteiger partial charge is 0.459 e. The summed E-state index contributed by atoms with van der Waals surface area (Å²) in [5, 5.41) is 4.55. The predicted molar refractivity (Wildman–Crippen MR) is 91.1 cm³/mol. The molecule has 2 heteroatoms. The molecular weight excluding hydrogens is 258 g/mol. The van der Waals surface area contributed by atoms with E-state index in [1.54, 1.807) is 0 Å². The summed E-state index contributed by atoms with van der Waals surface area (Å²) in [5.41, 5.74) is 5.15. The maximum Gasteiger partial charge on any atom is 0.138 e. The summed E-state index contributed by atoms with van der Waals surface area (Å²) in [5.74, 6) is 1.07. The van der Waals surface area contributed by atoms with Crippen LogP contribution in [-0.2, 0) is 17.4 Å². The van der Waals surface area contributed by atoms with Gasteiger partial charge in [-0.3, -0.25) is 0 Å². The SMILES string of the molecule is CNCc1oc2c(C(C)(C)C)ccc(C)c2c1C(C)(C)C. The smallest absolute Gasteiger partial charge is 0.138 e. The summed E-state index contributed by atoms with van der Waals surface area (Å²) in [6.07, 6.45) is 0. The van der Waals surface area contributed by atoms with Gasteiger partial charge >= 0.3 is 0 Å². The van der Waals surface area contributed by atoms with Crippen LogP contribution in [0.4, 0.5) is 0 Å². The number of furan rings is 1. The fraction of sp³-hybridized carbons (Fsp3) is 0.579. The first kappa shape index (κ1) is 16.1. The van der Waals surface area contributed by atoms with E-state index in [1.807, 2.05) is 7.05 Å². The van der Waals surface area contributed by atoms with Crippen LogP contribution < -0.4 is 5.32 Å². The van der Waals surface area contributed by atoms with Crippen molar-refractivity contribution in [3.05, 3.63) is 34.6 Å². The first-order valence-electron chi connectivity index (χ1n) is 7.78. The molecule has 2 nitrogen and oxygen atoms in total. The van der Waals surface area contributed by atoms with Crippen LogP contribution in [0.3, 0.4) is 0 Å². The van der Waals surface area contributed by atoms with Crippen LogP contribution in [0.1, 0.15) is 64.0 Å². The minimum Gasteiger partial charge on any atom is -0.459 e. The van der Waals surface area contributed by atoms with Crippen molar-refractivity contribution in [1.29, 1.82) is 0 Å². The minimum absolute atomic E-state index is 0.0682. The third-order valence-corrected chi connectivity index (χ3v) is 4.02. The van der Waals surface area contributed by atoms with Crippen molar-refractivity contribution in [2.24, 2.45) is 0 Å². The van der Waals surface area contributed by atoms with Crippen molar-refractivity contribution in [2.75, 3.05) is 7.05 Å². The summed E-state index contributed by atoms with van der Waals surface area (Å²) >= 11 is 0. The summed E-state index contributed by atoms with van der Waals surface area (Å²) in [6, 6.07) is 4.45. The molecule has 0 aliphatic rings. The monoisotopic (exact) mass is 287 g/mol. The Morgan fingerprint density at radius 2 is 1.62 bits per heavy atom. The lowest BCUT2D eigenvalue weighted by Crippen LogP contribution is -2.16. The summed E-state index contributed by atoms with van der Waals surface area (Å²) in [6.45, 7) is 16.5. The Morgan fingerprint density at radius 1 is 1.00 bits per heavy atom. The molecule has 1 aromatic carbocycles. The minimum atomic E-state index is 0.0682. The van der Waals surface area contributed by atoms with Crippen LogP contribution in [0, 0.1) is 6.92 Å². The van der Waals surface area contributed by atoms with Crippen LogP contribution in [0.2, 0.25) is 0 Å². The molecule has 1 N–H and O–H groups in total. The van der Waals surface area contributed by atoms with Gasteiger partial charge in [-0.1, -0.05) is 53.7 Å². The van der Waals surface area contributed by atoms with Crippen molar-refractivity contribution in [1.82, 2.24) is 5.32 Å². The van der Waals surface area contributed by atoms with Crippen LogP contribution in [-0.4, -0.2) is 7.05 Å². The highest BCUT2D eigenvalue weighted by Gasteiger charge is 2.29. The van der Waals surface area contributed by atoms with Gasteiger partial charge in [0, 0.05) is 16.5 Å². The molecule has 1 aromatic heterocycles. The second kappa shape index (κ2) is 5.17. The van der Waals surface area contributed by atoms with Crippen molar-refractivity contribution >= 4 is 11.0 Å². The van der Waals surface area contributed by atoms with Gasteiger partial charge in [0.2, 0.25) is 0 Å². The van der Waals surface area contributed by atoms with E-state index in [0.29, 0.717) is 0 Å². The third-order valence-electron chi connectivity index (χ3n) is 4.02. The van der Waals surface area contributed by atoms with E-state index in [9.17, 15) is 0 Å². The number of nitrogens with one attached hydrogen (secondary N) is 1. The molecule has 2 rings (SSSR count). The Balaban J connectivity index is 2.91. The first-order valence-corrected chi connectivity index (χ1v) is 7.78. The highest BCUT2D eigenvalue weighted by molar-refractivity contribution is 5.89. The highest BCUT2D eigenvalue weighted by atomic mass is 16.3. The summed E-state index contributed by atoms with van der Waals surface area (Å²) in [4.78, 5) is 0. The van der Waals surface area contributed by atoms with Gasteiger partial charge in [-0.05, 0) is 30.4 Å². The molecule has 0 aliphatic carbocycles. The van der Waals surface area contributed by atoms with Crippen molar-refractivity contribution < 1.29 is 4.42 Å². The molecule has 0 saturated carbocycles. The molecule has 0 amide bonds. The highest BCUT2D eigenvalue weighted by Crippen LogP contribution is 2.41. The van der Waals surface area contributed by atoms with Gasteiger partial charge in [0.15, 0.2) is 0 Å². The van der Waals surface area contributed by atoms with Gasteiger partial charge in [-0.15, -0.1) is 0 Å². The second-order valence-corrected chi connectivity index (χ2v) is 8.06. The zero-order valence-corrected chi connectivity index (χ0v) is 14.8.